The van der Waals surface area contributed by atoms with Gasteiger partial charge in [-0.15, -0.1) is 0 Å². The van der Waals surface area contributed by atoms with E-state index in [0.717, 1.165) is 0 Å². The number of nitrogens with one attached hydrogen (secondary N) is 2. The van der Waals surface area contributed by atoms with Crippen molar-refractivity contribution in [3.05, 3.63) is 76.0 Å². The van der Waals surface area contributed by atoms with E-state index in [1.807, 2.05) is 0 Å². The minimum absolute atomic E-state index is 0.0579. The molecule has 2 aromatic rings. The van der Waals surface area contributed by atoms with Crippen molar-refractivity contribution in [1.29, 1.82) is 0 Å². The zero-order valence-corrected chi connectivity index (χ0v) is 20.5. The van der Waals surface area contributed by atoms with Gasteiger partial charge in [-0.2, -0.15) is 26.3 Å². The molecule has 0 radical (unpaired) electrons. The summed E-state index contributed by atoms with van der Waals surface area (Å²) in [5.74, 6) is -1.79. The molecule has 1 amide bonds. The lowest BCUT2D eigenvalue weighted by atomic mass is 9.94. The number of esters is 1. The van der Waals surface area contributed by atoms with Gasteiger partial charge >= 0.3 is 18.3 Å². The monoisotopic (exact) mass is 545 g/mol. The summed E-state index contributed by atoms with van der Waals surface area (Å²) in [5, 5.41) is 5.62. The molecule has 0 aliphatic carbocycles. The van der Waals surface area contributed by atoms with Gasteiger partial charge in [-0.3, -0.25) is 4.79 Å². The Kier molecular flexibility index (Phi) is 7.86. The van der Waals surface area contributed by atoms with E-state index < -0.39 is 47.0 Å². The molecule has 6 nitrogen and oxygen atoms in total. The fourth-order valence-corrected chi connectivity index (χ4v) is 3.90. The van der Waals surface area contributed by atoms with Crippen LogP contribution < -0.4 is 10.6 Å². The normalized spacial score (nSPS) is 16.4. The van der Waals surface area contributed by atoms with Gasteiger partial charge in [0.05, 0.1) is 29.3 Å². The summed E-state index contributed by atoms with van der Waals surface area (Å²) in [4.78, 5) is 26.9. The first-order chi connectivity index (χ1) is 17.1. The second-order valence-corrected chi connectivity index (χ2v) is 8.42. The maximum absolute atomic E-state index is 13.2. The Morgan fingerprint density at radius 1 is 1.05 bits per heavy atom. The molecule has 1 atom stereocenters. The van der Waals surface area contributed by atoms with Gasteiger partial charge in [0.15, 0.2) is 5.11 Å². The molecule has 3 rings (SSSR count). The lowest BCUT2D eigenvalue weighted by Gasteiger charge is -2.35. The second kappa shape index (κ2) is 10.4. The smallest absolute Gasteiger partial charge is 0.416 e. The molecule has 0 bridgehead atoms. The van der Waals surface area contributed by atoms with Gasteiger partial charge in [0.2, 0.25) is 0 Å². The van der Waals surface area contributed by atoms with Crippen LogP contribution in [0, 0.1) is 0 Å². The third-order valence-corrected chi connectivity index (χ3v) is 5.97. The number of carbonyl (C=O) groups is 2. The summed E-state index contributed by atoms with van der Waals surface area (Å²) >= 11 is 5.31. The number of ether oxygens (including phenoxy) is 1. The first-order valence-electron chi connectivity index (χ1n) is 10.8. The van der Waals surface area contributed by atoms with Crippen LogP contribution in [-0.2, 0) is 21.9 Å². The molecule has 198 valence electrons. The van der Waals surface area contributed by atoms with Gasteiger partial charge in [-0.25, -0.2) is 4.79 Å². The van der Waals surface area contributed by atoms with Gasteiger partial charge in [-0.1, -0.05) is 12.1 Å². The number of allylic oxidation sites excluding steroid dienone is 1. The number of rotatable bonds is 5. The van der Waals surface area contributed by atoms with Crippen molar-refractivity contribution in [1.82, 2.24) is 10.2 Å². The van der Waals surface area contributed by atoms with Gasteiger partial charge in [0.25, 0.3) is 5.91 Å². The Morgan fingerprint density at radius 3 is 2.19 bits per heavy atom. The molecule has 13 heteroatoms. The van der Waals surface area contributed by atoms with Crippen molar-refractivity contribution in [3.63, 3.8) is 0 Å². The van der Waals surface area contributed by atoms with Crippen LogP contribution in [0.4, 0.5) is 32.0 Å². The van der Waals surface area contributed by atoms with Gasteiger partial charge in [0.1, 0.15) is 0 Å². The van der Waals surface area contributed by atoms with Crippen molar-refractivity contribution in [2.24, 2.45) is 0 Å². The molecular weight excluding hydrogens is 524 g/mol. The van der Waals surface area contributed by atoms with Crippen LogP contribution in [0.3, 0.4) is 0 Å². The van der Waals surface area contributed by atoms with Crippen LogP contribution in [0.5, 0.6) is 0 Å². The number of benzene rings is 2. The predicted molar refractivity (Wildman–Crippen MR) is 126 cm³/mol. The minimum Gasteiger partial charge on any atom is -0.463 e. The molecule has 37 heavy (non-hydrogen) atoms. The van der Waals surface area contributed by atoms with Crippen LogP contribution in [0.2, 0.25) is 0 Å². The third kappa shape index (κ3) is 6.21. The number of amides is 1. The summed E-state index contributed by atoms with van der Waals surface area (Å²) in [6.45, 7) is 3.43. The highest BCUT2D eigenvalue weighted by molar-refractivity contribution is 7.80. The number of nitrogens with zero attached hydrogens (tertiary/aromatic N) is 1. The molecule has 0 saturated carbocycles. The van der Waals surface area contributed by atoms with E-state index in [1.54, 1.807) is 31.9 Å². The first kappa shape index (κ1) is 28.0. The van der Waals surface area contributed by atoms with Crippen LogP contribution in [-0.4, -0.2) is 35.5 Å². The number of hydrogen-bond acceptors (Lipinski definition) is 4. The minimum atomic E-state index is -5.10. The van der Waals surface area contributed by atoms with Gasteiger partial charge < -0.3 is 20.3 Å². The molecule has 0 saturated heterocycles. The topological polar surface area (TPSA) is 70.7 Å². The molecule has 2 aromatic carbocycles. The van der Waals surface area contributed by atoms with Crippen molar-refractivity contribution in [3.8, 4) is 0 Å². The van der Waals surface area contributed by atoms with Crippen LogP contribution >= 0.6 is 12.2 Å². The zero-order valence-electron chi connectivity index (χ0n) is 19.7. The first-order valence-corrected chi connectivity index (χ1v) is 11.2. The van der Waals surface area contributed by atoms with Gasteiger partial charge in [-0.05, 0) is 62.0 Å². The number of anilines is 1. The van der Waals surface area contributed by atoms with E-state index >= 15 is 0 Å². The van der Waals surface area contributed by atoms with Crippen LogP contribution in [0.25, 0.3) is 0 Å². The maximum Gasteiger partial charge on any atom is 0.416 e. The Bertz CT molecular complexity index is 1240. The average Bonchev–Trinajstić information content (AvgIpc) is 2.81. The third-order valence-electron chi connectivity index (χ3n) is 5.58. The number of carbonyl (C=O) groups excluding carboxylic acids is 2. The van der Waals surface area contributed by atoms with Crippen molar-refractivity contribution >= 4 is 34.9 Å². The number of alkyl halides is 6. The summed E-state index contributed by atoms with van der Waals surface area (Å²) in [5.41, 5.74) is -2.76. The van der Waals surface area contributed by atoms with Crippen molar-refractivity contribution < 1.29 is 40.7 Å². The van der Waals surface area contributed by atoms with Crippen molar-refractivity contribution in [2.45, 2.75) is 32.2 Å². The quantitative estimate of drug-likeness (QED) is 0.287. The Labute approximate surface area is 213 Å². The van der Waals surface area contributed by atoms with E-state index in [4.69, 9.17) is 17.0 Å². The molecule has 0 spiro atoms. The van der Waals surface area contributed by atoms with E-state index in [-0.39, 0.29) is 23.9 Å². The Balaban J connectivity index is 1.97. The molecule has 2 N–H and O–H groups in total. The molecule has 1 aliphatic rings. The Morgan fingerprint density at radius 2 is 1.65 bits per heavy atom. The Hall–Kier alpha value is -3.61. The molecule has 0 fully saturated rings. The average molecular weight is 546 g/mol. The van der Waals surface area contributed by atoms with E-state index in [0.29, 0.717) is 28.5 Å². The van der Waals surface area contributed by atoms with Crippen LogP contribution in [0.1, 0.15) is 46.9 Å². The highest BCUT2D eigenvalue weighted by Crippen LogP contribution is 2.37. The summed E-state index contributed by atoms with van der Waals surface area (Å²) in [7, 11) is 1.65. The van der Waals surface area contributed by atoms with E-state index in [9.17, 15) is 35.9 Å². The molecule has 1 heterocycles. The summed E-state index contributed by atoms with van der Waals surface area (Å²) < 4.78 is 84.2. The number of halogens is 6. The number of thiocarbonyl (C=S) groups is 1. The van der Waals surface area contributed by atoms with Crippen LogP contribution in [0.15, 0.2) is 53.7 Å². The standard InChI is InChI=1S/C24H21F6N3O3S/c1-4-36-21(35)18-12(2)33(3)22(37)32-19(18)13-6-5-7-17(10-13)31-20(34)14-8-15(23(25,26)27)11-16(9-14)24(28,29)30/h5-11,19H,4H2,1-3H3,(H,31,34)(H,32,37). The van der Waals surface area contributed by atoms with E-state index in [1.165, 1.54) is 18.2 Å². The fourth-order valence-electron chi connectivity index (χ4n) is 3.64. The lowest BCUT2D eigenvalue weighted by Crippen LogP contribution is -2.46. The molecule has 1 aliphatic heterocycles. The second-order valence-electron chi connectivity index (χ2n) is 8.04. The van der Waals surface area contributed by atoms with Gasteiger partial charge in [0, 0.05) is 24.0 Å². The zero-order chi connectivity index (χ0) is 27.7. The lowest BCUT2D eigenvalue weighted by molar-refractivity contribution is -0.143. The maximum atomic E-state index is 13.2. The summed E-state index contributed by atoms with van der Waals surface area (Å²) in [6, 6.07) is 5.77. The predicted octanol–water partition coefficient (Wildman–Crippen LogP) is 5.67. The highest BCUT2D eigenvalue weighted by atomic mass is 32.1. The highest BCUT2D eigenvalue weighted by Gasteiger charge is 2.38. The van der Waals surface area contributed by atoms with E-state index in [2.05, 4.69) is 10.6 Å². The largest absolute Gasteiger partial charge is 0.463 e. The fraction of sp³-hybridized carbons (Fsp3) is 0.292. The molecule has 1 unspecified atom stereocenters. The van der Waals surface area contributed by atoms with Crippen molar-refractivity contribution in [2.75, 3.05) is 19.0 Å². The molecule has 0 aromatic heterocycles. The molecular formula is C24H21F6N3O3S. The summed E-state index contributed by atoms with van der Waals surface area (Å²) in [6.07, 6.45) is -10.2. The SMILES string of the molecule is CCOC(=O)C1=C(C)N(C)C(=S)NC1c1cccc(NC(=O)c2cc(C(F)(F)F)cc(C(F)(F)F)c2)c1. The number of hydrogen-bond donors (Lipinski definition) is 2.